The highest BCUT2D eigenvalue weighted by Gasteiger charge is 2.17. The highest BCUT2D eigenvalue weighted by molar-refractivity contribution is 6.00. The Morgan fingerprint density at radius 3 is 1.87 bits per heavy atom. The van der Waals surface area contributed by atoms with Crippen LogP contribution in [0.5, 0.6) is 0 Å². The molecule has 0 aliphatic rings. The number of rotatable bonds is 13. The van der Waals surface area contributed by atoms with Crippen LogP contribution in [0.1, 0.15) is 106 Å². The first kappa shape index (κ1) is 43.0. The number of amides is 1. The van der Waals surface area contributed by atoms with E-state index in [4.69, 9.17) is 0 Å². The van der Waals surface area contributed by atoms with Crippen LogP contribution in [0.4, 0.5) is 22.9 Å². The molecule has 0 fully saturated rings. The largest absolute Gasteiger partial charge is 0.344 e. The van der Waals surface area contributed by atoms with Crippen LogP contribution in [0.3, 0.4) is 0 Å². The highest BCUT2D eigenvalue weighted by Crippen LogP contribution is 2.32. The molecule has 3 rings (SSSR count). The molecule has 0 spiro atoms. The van der Waals surface area contributed by atoms with Crippen molar-refractivity contribution in [2.75, 3.05) is 51.0 Å². The number of ketones is 1. The smallest absolute Gasteiger partial charge is 0.253 e. The van der Waals surface area contributed by atoms with Crippen molar-refractivity contribution >= 4 is 34.6 Å². The third kappa shape index (κ3) is 15.0. The number of benzene rings is 2. The maximum atomic E-state index is 13.0. The van der Waals surface area contributed by atoms with Gasteiger partial charge in [0, 0.05) is 54.9 Å². The number of nitrogens with zero attached hydrogens (tertiary/aromatic N) is 4. The molecule has 1 heterocycles. The zero-order valence-electron chi connectivity index (χ0n) is 31.5. The molecule has 7 nitrogen and oxygen atoms in total. The van der Waals surface area contributed by atoms with Crippen molar-refractivity contribution in [3.63, 3.8) is 0 Å². The van der Waals surface area contributed by atoms with Gasteiger partial charge in [0.05, 0.1) is 5.69 Å². The number of pyridine rings is 1. The molecular formula is C40H63N5O2. The van der Waals surface area contributed by atoms with Crippen LogP contribution < -0.4 is 10.2 Å². The van der Waals surface area contributed by atoms with Crippen LogP contribution >= 0.6 is 0 Å². The molecule has 0 atom stereocenters. The van der Waals surface area contributed by atoms with Gasteiger partial charge in [0.2, 0.25) is 0 Å². The molecule has 0 aliphatic heterocycles. The van der Waals surface area contributed by atoms with Gasteiger partial charge in [-0.05, 0) is 109 Å². The Kier molecular flexibility index (Phi) is 22.2. The average Bonchev–Trinajstić information content (AvgIpc) is 3.07. The first-order valence-electron chi connectivity index (χ1n) is 17.2. The molecule has 1 N–H and O–H groups in total. The summed E-state index contributed by atoms with van der Waals surface area (Å²) in [6.45, 7) is 24.2. The Morgan fingerprint density at radius 1 is 0.830 bits per heavy atom. The summed E-state index contributed by atoms with van der Waals surface area (Å²) in [7, 11) is 6.13. The minimum atomic E-state index is 0.0270. The normalized spacial score (nSPS) is 9.89. The number of carbonyl (C=O) groups excluding carboxylic acids is 2. The number of carbonyl (C=O) groups is 2. The first-order chi connectivity index (χ1) is 22.4. The summed E-state index contributed by atoms with van der Waals surface area (Å²) in [6, 6.07) is 15.3. The fourth-order valence-corrected chi connectivity index (χ4v) is 4.70. The van der Waals surface area contributed by atoms with E-state index in [0.29, 0.717) is 16.9 Å². The van der Waals surface area contributed by atoms with E-state index in [1.807, 2.05) is 105 Å². The van der Waals surface area contributed by atoms with E-state index in [2.05, 4.69) is 63.6 Å². The molecular weight excluding hydrogens is 582 g/mol. The molecule has 0 saturated heterocycles. The predicted molar refractivity (Wildman–Crippen MR) is 205 cm³/mol. The molecule has 0 saturated carbocycles. The lowest BCUT2D eigenvalue weighted by atomic mass is 10.1. The van der Waals surface area contributed by atoms with Gasteiger partial charge in [0.15, 0.2) is 5.78 Å². The third-order valence-corrected chi connectivity index (χ3v) is 7.05. The zero-order valence-corrected chi connectivity index (χ0v) is 31.5. The third-order valence-electron chi connectivity index (χ3n) is 7.05. The summed E-state index contributed by atoms with van der Waals surface area (Å²) < 4.78 is 0. The number of anilines is 4. The molecule has 0 bridgehead atoms. The van der Waals surface area contributed by atoms with Crippen molar-refractivity contribution in [1.82, 2.24) is 14.8 Å². The minimum absolute atomic E-state index is 0.0270. The fourth-order valence-electron chi connectivity index (χ4n) is 4.70. The van der Waals surface area contributed by atoms with Gasteiger partial charge < -0.3 is 20.0 Å². The molecule has 2 aromatic carbocycles. The maximum Gasteiger partial charge on any atom is 0.253 e. The zero-order chi connectivity index (χ0) is 35.9. The maximum absolute atomic E-state index is 13.0. The molecule has 7 heteroatoms. The van der Waals surface area contributed by atoms with Gasteiger partial charge in [-0.1, -0.05) is 59.8 Å². The van der Waals surface area contributed by atoms with E-state index in [1.54, 1.807) is 6.92 Å². The number of aryl methyl sites for hydroxylation is 2. The Balaban J connectivity index is 0.00000152. The molecule has 47 heavy (non-hydrogen) atoms. The monoisotopic (exact) mass is 645 g/mol. The summed E-state index contributed by atoms with van der Waals surface area (Å²) in [5, 5.41) is 3.40. The quantitative estimate of drug-likeness (QED) is 0.147. The van der Waals surface area contributed by atoms with E-state index in [9.17, 15) is 9.59 Å². The summed E-state index contributed by atoms with van der Waals surface area (Å²) in [5.41, 5.74) is 6.06. The molecule has 3 aromatic rings. The van der Waals surface area contributed by atoms with Gasteiger partial charge in [0.1, 0.15) is 5.82 Å². The predicted octanol–water partition coefficient (Wildman–Crippen LogP) is 10.2. The van der Waals surface area contributed by atoms with Crippen molar-refractivity contribution in [2.24, 2.45) is 0 Å². The second kappa shape index (κ2) is 24.2. The van der Waals surface area contributed by atoms with Gasteiger partial charge in [-0.25, -0.2) is 4.98 Å². The number of Topliss-reactive ketones (excluding diaryl/α,β-unsaturated/α-hetero) is 1. The van der Waals surface area contributed by atoms with Crippen LogP contribution in [-0.2, 0) is 0 Å². The number of hydrogen-bond acceptors (Lipinski definition) is 6. The summed E-state index contributed by atoms with van der Waals surface area (Å²) >= 11 is 0. The van der Waals surface area contributed by atoms with Gasteiger partial charge in [-0.15, -0.1) is 6.58 Å². The lowest BCUT2D eigenvalue weighted by Gasteiger charge is -2.24. The van der Waals surface area contributed by atoms with Crippen molar-refractivity contribution < 1.29 is 9.59 Å². The highest BCUT2D eigenvalue weighted by atomic mass is 16.2. The van der Waals surface area contributed by atoms with Crippen molar-refractivity contribution in [1.29, 1.82) is 0 Å². The second-order valence-electron chi connectivity index (χ2n) is 11.4. The van der Waals surface area contributed by atoms with Gasteiger partial charge in [-0.2, -0.15) is 0 Å². The molecule has 260 valence electrons. The Bertz CT molecular complexity index is 1350. The lowest BCUT2D eigenvalue weighted by molar-refractivity contribution is 0.0755. The molecule has 0 radical (unpaired) electrons. The van der Waals surface area contributed by atoms with Crippen molar-refractivity contribution in [3.05, 3.63) is 89.6 Å². The topological polar surface area (TPSA) is 68.8 Å². The van der Waals surface area contributed by atoms with E-state index >= 15 is 0 Å². The first-order valence-corrected chi connectivity index (χ1v) is 17.2. The van der Waals surface area contributed by atoms with Gasteiger partial charge >= 0.3 is 0 Å². The Hall–Kier alpha value is -3.97. The summed E-state index contributed by atoms with van der Waals surface area (Å²) in [5.74, 6) is 0.794. The fraction of sp³-hybridized carbons (Fsp3) is 0.475. The average molecular weight is 646 g/mol. The number of hydrogen-bond donors (Lipinski definition) is 1. The summed E-state index contributed by atoms with van der Waals surface area (Å²) in [4.78, 5) is 35.8. The van der Waals surface area contributed by atoms with Gasteiger partial charge in [-0.3, -0.25) is 9.59 Å². The molecule has 1 aromatic heterocycles. The number of aromatic nitrogens is 1. The minimum Gasteiger partial charge on any atom is -0.344 e. The second-order valence-corrected chi connectivity index (χ2v) is 11.4. The van der Waals surface area contributed by atoms with E-state index in [-0.39, 0.29) is 11.7 Å². The van der Waals surface area contributed by atoms with E-state index in [0.717, 1.165) is 60.5 Å². The van der Waals surface area contributed by atoms with Gasteiger partial charge in [0.25, 0.3) is 5.91 Å². The Morgan fingerprint density at radius 2 is 1.40 bits per heavy atom. The van der Waals surface area contributed by atoms with E-state index < -0.39 is 0 Å². The summed E-state index contributed by atoms with van der Waals surface area (Å²) in [6.07, 6.45) is 7.92. The van der Waals surface area contributed by atoms with Crippen molar-refractivity contribution in [2.45, 2.75) is 88.0 Å². The van der Waals surface area contributed by atoms with Crippen LogP contribution in [-0.4, -0.2) is 67.3 Å². The number of allylic oxidation sites excluding steroid dienone is 1. The SMILES string of the molecule is C=CCC.CC.CCCN(C)C.CCCN(CCC)C(=O)c1ccc(Nc2cc(N(C)c3ccccc3C(C)=O)c(C)cn2)c(C)c1. The van der Waals surface area contributed by atoms with Crippen molar-refractivity contribution in [3.8, 4) is 0 Å². The molecule has 0 aliphatic carbocycles. The van der Waals surface area contributed by atoms with Crippen LogP contribution in [0.2, 0.25) is 0 Å². The number of nitrogens with one attached hydrogen (secondary N) is 1. The van der Waals surface area contributed by atoms with E-state index in [1.165, 1.54) is 13.0 Å². The van der Waals surface area contributed by atoms with Crippen LogP contribution in [0.25, 0.3) is 0 Å². The molecule has 1 amide bonds. The standard InChI is InChI=1S/C29H36N4O2.C5H13N.C4H8.C2H6/c1-7-15-33(16-8-2)29(35)23-13-14-25(20(3)17-23)31-28-18-27(21(4)19-30-28)32(6)26-12-10-9-11-24(26)22(5)34;1-4-5-6(2)3;1-3-4-2;1-2/h9-14,17-19H,7-8,15-16H2,1-6H3,(H,30,31);4-5H2,1-3H3;3H,1,4H2,2H3;1-2H3. The molecule has 0 unspecified atom stereocenters. The lowest BCUT2D eigenvalue weighted by Crippen LogP contribution is -2.32. The Labute approximate surface area is 287 Å². The number of para-hydroxylation sites is 1. The van der Waals surface area contributed by atoms with Crippen LogP contribution in [0, 0.1) is 13.8 Å². The van der Waals surface area contributed by atoms with Crippen LogP contribution in [0.15, 0.2) is 67.4 Å².